The second-order valence-corrected chi connectivity index (χ2v) is 11.2. The molecule has 7 nitrogen and oxygen atoms in total. The van der Waals surface area contributed by atoms with Gasteiger partial charge in [0.15, 0.2) is 0 Å². The number of sulfonamides is 1. The van der Waals surface area contributed by atoms with Crippen molar-refractivity contribution in [2.24, 2.45) is 0 Å². The van der Waals surface area contributed by atoms with Crippen LogP contribution in [0.3, 0.4) is 0 Å². The highest BCUT2D eigenvalue weighted by Crippen LogP contribution is 2.42. The average molecular weight is 508 g/mol. The van der Waals surface area contributed by atoms with Crippen LogP contribution >= 0.6 is 0 Å². The molecule has 0 aliphatic carbocycles. The van der Waals surface area contributed by atoms with Crippen LogP contribution in [0.25, 0.3) is 10.8 Å². The van der Waals surface area contributed by atoms with Gasteiger partial charge in [-0.1, -0.05) is 61.5 Å². The lowest BCUT2D eigenvalue weighted by Crippen LogP contribution is -2.50. The summed E-state index contributed by atoms with van der Waals surface area (Å²) in [6.45, 7) is 6.18. The van der Waals surface area contributed by atoms with Gasteiger partial charge in [0.2, 0.25) is 11.8 Å². The van der Waals surface area contributed by atoms with E-state index in [9.17, 15) is 18.0 Å². The van der Waals surface area contributed by atoms with Gasteiger partial charge in [0, 0.05) is 30.9 Å². The minimum atomic E-state index is -3.67. The Bertz CT molecular complexity index is 1350. The molecule has 1 atom stereocenters. The number of carbonyl (C=O) groups excluding carboxylic acids is 2. The summed E-state index contributed by atoms with van der Waals surface area (Å²) in [6.07, 6.45) is 0.960. The molecule has 0 bridgehead atoms. The molecule has 4 rings (SSSR count). The number of nitrogens with one attached hydrogen (secondary N) is 1. The molecule has 0 saturated carbocycles. The highest BCUT2D eigenvalue weighted by Gasteiger charge is 2.35. The van der Waals surface area contributed by atoms with E-state index in [0.29, 0.717) is 30.0 Å². The molecule has 0 saturated heterocycles. The van der Waals surface area contributed by atoms with Gasteiger partial charge in [-0.3, -0.25) is 13.9 Å². The third-order valence-corrected chi connectivity index (χ3v) is 8.30. The van der Waals surface area contributed by atoms with Crippen LogP contribution in [-0.2, 0) is 26.2 Å². The molecular formula is C28H33N3O4S. The van der Waals surface area contributed by atoms with Crippen LogP contribution < -0.4 is 9.62 Å². The van der Waals surface area contributed by atoms with E-state index in [2.05, 4.69) is 5.32 Å². The fraction of sp³-hybridized carbons (Fsp3) is 0.357. The number of carbonyl (C=O) groups is 2. The minimum Gasteiger partial charge on any atom is -0.352 e. The highest BCUT2D eigenvalue weighted by molar-refractivity contribution is 7.93. The fourth-order valence-corrected chi connectivity index (χ4v) is 6.55. The SMILES string of the molecule is CC[C@@H](C(=O)NC(C)C)N(Cc1ccccc1)C(=O)CCCN1c2cccc3cccc(c23)S1(=O)=O. The van der Waals surface area contributed by atoms with Crippen molar-refractivity contribution in [2.45, 2.75) is 63.6 Å². The maximum absolute atomic E-state index is 13.5. The van der Waals surface area contributed by atoms with Crippen LogP contribution in [0.1, 0.15) is 45.6 Å². The summed E-state index contributed by atoms with van der Waals surface area (Å²) in [5.74, 6) is -0.349. The molecule has 190 valence electrons. The van der Waals surface area contributed by atoms with Gasteiger partial charge in [-0.15, -0.1) is 0 Å². The highest BCUT2D eigenvalue weighted by atomic mass is 32.2. The smallest absolute Gasteiger partial charge is 0.265 e. The predicted molar refractivity (Wildman–Crippen MR) is 142 cm³/mol. The Morgan fingerprint density at radius 3 is 2.33 bits per heavy atom. The first-order valence-electron chi connectivity index (χ1n) is 12.4. The lowest BCUT2D eigenvalue weighted by atomic mass is 10.1. The van der Waals surface area contributed by atoms with E-state index in [1.54, 1.807) is 17.0 Å². The molecule has 0 unspecified atom stereocenters. The number of anilines is 1. The number of benzene rings is 3. The van der Waals surface area contributed by atoms with Crippen LogP contribution in [-0.4, -0.2) is 43.8 Å². The van der Waals surface area contributed by atoms with Crippen molar-refractivity contribution in [3.63, 3.8) is 0 Å². The van der Waals surface area contributed by atoms with Gasteiger partial charge in [0.25, 0.3) is 10.0 Å². The second-order valence-electron chi connectivity index (χ2n) is 9.41. The lowest BCUT2D eigenvalue weighted by Gasteiger charge is -2.31. The maximum atomic E-state index is 13.5. The molecule has 1 aliphatic rings. The van der Waals surface area contributed by atoms with E-state index in [1.807, 2.05) is 75.4 Å². The molecule has 1 N–H and O–H groups in total. The van der Waals surface area contributed by atoms with Gasteiger partial charge < -0.3 is 10.2 Å². The summed E-state index contributed by atoms with van der Waals surface area (Å²) in [4.78, 5) is 28.3. The van der Waals surface area contributed by atoms with E-state index in [-0.39, 0.29) is 30.8 Å². The lowest BCUT2D eigenvalue weighted by molar-refractivity contribution is -0.141. The quantitative estimate of drug-likeness (QED) is 0.439. The summed E-state index contributed by atoms with van der Waals surface area (Å²) < 4.78 is 27.9. The molecular weight excluding hydrogens is 474 g/mol. The van der Waals surface area contributed by atoms with Crippen LogP contribution in [0.4, 0.5) is 5.69 Å². The molecule has 36 heavy (non-hydrogen) atoms. The van der Waals surface area contributed by atoms with Gasteiger partial charge in [-0.25, -0.2) is 8.42 Å². The first kappa shape index (κ1) is 25.7. The number of nitrogens with zero attached hydrogens (tertiary/aromatic N) is 2. The summed E-state index contributed by atoms with van der Waals surface area (Å²) in [7, 11) is -3.67. The van der Waals surface area contributed by atoms with Gasteiger partial charge in [-0.05, 0) is 49.8 Å². The van der Waals surface area contributed by atoms with Crippen molar-refractivity contribution in [3.8, 4) is 0 Å². The number of amides is 2. The van der Waals surface area contributed by atoms with E-state index < -0.39 is 16.1 Å². The first-order chi connectivity index (χ1) is 17.2. The minimum absolute atomic E-state index is 0.0371. The zero-order valence-electron chi connectivity index (χ0n) is 21.0. The van der Waals surface area contributed by atoms with E-state index in [4.69, 9.17) is 0 Å². The Balaban J connectivity index is 1.51. The van der Waals surface area contributed by atoms with E-state index >= 15 is 0 Å². The monoisotopic (exact) mass is 507 g/mol. The third kappa shape index (κ3) is 5.09. The molecule has 3 aromatic carbocycles. The van der Waals surface area contributed by atoms with Crippen LogP contribution in [0.2, 0.25) is 0 Å². The molecule has 0 radical (unpaired) electrons. The Labute approximate surface area is 213 Å². The average Bonchev–Trinajstić information content (AvgIpc) is 3.07. The molecule has 2 amide bonds. The molecule has 8 heteroatoms. The fourth-order valence-electron chi connectivity index (χ4n) is 4.80. The Hall–Kier alpha value is -3.39. The van der Waals surface area contributed by atoms with Gasteiger partial charge in [-0.2, -0.15) is 0 Å². The predicted octanol–water partition coefficient (Wildman–Crippen LogP) is 4.46. The van der Waals surface area contributed by atoms with Crippen molar-refractivity contribution >= 4 is 38.3 Å². The standard InChI is InChI=1S/C28H33N3O4S/c1-4-23(28(33)29-20(2)3)30(19-21-11-6-5-7-12-21)26(32)17-10-18-31-24-15-8-13-22-14-9-16-25(27(22)24)36(31,34)35/h5-9,11-16,20,23H,4,10,17-19H2,1-3H3,(H,29,33)/t23-/m0/s1. The zero-order chi connectivity index (χ0) is 25.9. The third-order valence-electron chi connectivity index (χ3n) is 6.45. The Morgan fingerprint density at radius 1 is 0.972 bits per heavy atom. The number of rotatable bonds is 10. The normalized spacial score (nSPS) is 14.7. The van der Waals surface area contributed by atoms with Crippen molar-refractivity contribution in [3.05, 3.63) is 72.3 Å². The second kappa shape index (κ2) is 10.7. The van der Waals surface area contributed by atoms with Crippen LogP contribution in [0.5, 0.6) is 0 Å². The molecule has 0 fully saturated rings. The van der Waals surface area contributed by atoms with E-state index in [1.165, 1.54) is 4.31 Å². The summed E-state index contributed by atoms with van der Waals surface area (Å²) in [5, 5.41) is 4.54. The topological polar surface area (TPSA) is 86.8 Å². The molecule has 1 heterocycles. The van der Waals surface area contributed by atoms with Crippen molar-refractivity contribution in [2.75, 3.05) is 10.8 Å². The van der Waals surface area contributed by atoms with Crippen molar-refractivity contribution in [1.82, 2.24) is 10.2 Å². The molecule has 1 aliphatic heterocycles. The van der Waals surface area contributed by atoms with E-state index in [0.717, 1.165) is 16.3 Å². The van der Waals surface area contributed by atoms with Gasteiger partial charge >= 0.3 is 0 Å². The number of hydrogen-bond acceptors (Lipinski definition) is 4. The molecule has 3 aromatic rings. The van der Waals surface area contributed by atoms with Crippen molar-refractivity contribution < 1.29 is 18.0 Å². The molecule has 0 aromatic heterocycles. The van der Waals surface area contributed by atoms with Crippen molar-refractivity contribution in [1.29, 1.82) is 0 Å². The summed E-state index contributed by atoms with van der Waals surface area (Å²) in [6, 6.07) is 19.8. The zero-order valence-corrected chi connectivity index (χ0v) is 21.8. The largest absolute Gasteiger partial charge is 0.352 e. The number of hydrogen-bond donors (Lipinski definition) is 1. The summed E-state index contributed by atoms with van der Waals surface area (Å²) >= 11 is 0. The summed E-state index contributed by atoms with van der Waals surface area (Å²) in [5.41, 5.74) is 1.59. The maximum Gasteiger partial charge on any atom is 0.265 e. The Morgan fingerprint density at radius 2 is 1.67 bits per heavy atom. The van der Waals surface area contributed by atoms with Crippen LogP contribution in [0.15, 0.2) is 71.6 Å². The van der Waals surface area contributed by atoms with Gasteiger partial charge in [0.1, 0.15) is 6.04 Å². The first-order valence-corrected chi connectivity index (χ1v) is 13.9. The Kier molecular flexibility index (Phi) is 7.64. The van der Waals surface area contributed by atoms with Crippen LogP contribution in [0, 0.1) is 0 Å². The van der Waals surface area contributed by atoms with Gasteiger partial charge in [0.05, 0.1) is 10.6 Å². The molecule has 0 spiro atoms.